The lowest BCUT2D eigenvalue weighted by molar-refractivity contribution is 0.276. The van der Waals surface area contributed by atoms with Crippen LogP contribution >= 0.6 is 0 Å². The van der Waals surface area contributed by atoms with Gasteiger partial charge in [0.25, 0.3) is 0 Å². The molecule has 1 saturated heterocycles. The molecule has 1 aromatic heterocycles. The van der Waals surface area contributed by atoms with E-state index in [1.165, 1.54) is 18.5 Å². The second-order valence-corrected chi connectivity index (χ2v) is 4.90. The molecule has 0 spiro atoms. The SMILES string of the molecule is Cc1c(CO)nnn1-c1ccc(N2CCCC2)cc1. The Morgan fingerprint density at radius 3 is 2.32 bits per heavy atom. The van der Waals surface area contributed by atoms with Gasteiger partial charge in [-0.3, -0.25) is 0 Å². The van der Waals surface area contributed by atoms with Gasteiger partial charge in [0, 0.05) is 18.8 Å². The zero-order valence-corrected chi connectivity index (χ0v) is 11.1. The van der Waals surface area contributed by atoms with Crippen molar-refractivity contribution in [3.8, 4) is 5.69 Å². The normalized spacial score (nSPS) is 15.2. The summed E-state index contributed by atoms with van der Waals surface area (Å²) in [5.74, 6) is 0. The molecule has 100 valence electrons. The Morgan fingerprint density at radius 1 is 1.11 bits per heavy atom. The first kappa shape index (κ1) is 12.2. The number of aliphatic hydroxyl groups excluding tert-OH is 1. The standard InChI is InChI=1S/C14H18N4O/c1-11-14(10-19)15-16-18(11)13-6-4-12(5-7-13)17-8-2-3-9-17/h4-7,19H,2-3,8-10H2,1H3. The van der Waals surface area contributed by atoms with Crippen LogP contribution in [-0.4, -0.2) is 33.2 Å². The summed E-state index contributed by atoms with van der Waals surface area (Å²) in [5, 5.41) is 17.2. The summed E-state index contributed by atoms with van der Waals surface area (Å²) in [6.07, 6.45) is 2.56. The molecule has 1 fully saturated rings. The molecule has 1 aromatic carbocycles. The van der Waals surface area contributed by atoms with Gasteiger partial charge in [-0.2, -0.15) is 0 Å². The van der Waals surface area contributed by atoms with Crippen molar-refractivity contribution < 1.29 is 5.11 Å². The van der Waals surface area contributed by atoms with Gasteiger partial charge in [0.1, 0.15) is 5.69 Å². The first-order valence-electron chi connectivity index (χ1n) is 6.67. The van der Waals surface area contributed by atoms with Crippen molar-refractivity contribution >= 4 is 5.69 Å². The topological polar surface area (TPSA) is 54.2 Å². The van der Waals surface area contributed by atoms with E-state index in [1.807, 2.05) is 6.92 Å². The lowest BCUT2D eigenvalue weighted by Crippen LogP contribution is -2.17. The molecule has 0 saturated carbocycles. The first-order chi connectivity index (χ1) is 9.29. The molecule has 0 atom stereocenters. The molecule has 3 rings (SSSR count). The summed E-state index contributed by atoms with van der Waals surface area (Å²) in [6, 6.07) is 8.35. The number of anilines is 1. The smallest absolute Gasteiger partial charge is 0.111 e. The minimum atomic E-state index is -0.0717. The fraction of sp³-hybridized carbons (Fsp3) is 0.429. The monoisotopic (exact) mass is 258 g/mol. The van der Waals surface area contributed by atoms with Gasteiger partial charge < -0.3 is 10.0 Å². The summed E-state index contributed by atoms with van der Waals surface area (Å²) in [6.45, 7) is 4.14. The van der Waals surface area contributed by atoms with Crippen LogP contribution in [0.2, 0.25) is 0 Å². The van der Waals surface area contributed by atoms with Crippen LogP contribution in [0.25, 0.3) is 5.69 Å². The van der Waals surface area contributed by atoms with E-state index in [-0.39, 0.29) is 6.61 Å². The van der Waals surface area contributed by atoms with Crippen LogP contribution in [0.4, 0.5) is 5.69 Å². The van der Waals surface area contributed by atoms with E-state index in [0.29, 0.717) is 5.69 Å². The van der Waals surface area contributed by atoms with Gasteiger partial charge in [-0.15, -0.1) is 5.10 Å². The van der Waals surface area contributed by atoms with E-state index in [9.17, 15) is 0 Å². The first-order valence-corrected chi connectivity index (χ1v) is 6.67. The maximum atomic E-state index is 9.14. The van der Waals surface area contributed by atoms with Crippen molar-refractivity contribution in [3.05, 3.63) is 35.7 Å². The van der Waals surface area contributed by atoms with Crippen LogP contribution in [0, 0.1) is 6.92 Å². The van der Waals surface area contributed by atoms with Gasteiger partial charge in [-0.25, -0.2) is 4.68 Å². The van der Waals surface area contributed by atoms with Gasteiger partial charge in [-0.05, 0) is 44.0 Å². The third-order valence-electron chi connectivity index (χ3n) is 3.71. The second kappa shape index (κ2) is 5.01. The number of aromatic nitrogens is 3. The highest BCUT2D eigenvalue weighted by atomic mass is 16.3. The predicted octanol–water partition coefficient (Wildman–Crippen LogP) is 1.67. The minimum absolute atomic E-state index is 0.0717. The van der Waals surface area contributed by atoms with E-state index in [0.717, 1.165) is 24.5 Å². The zero-order chi connectivity index (χ0) is 13.2. The van der Waals surface area contributed by atoms with Crippen molar-refractivity contribution in [2.45, 2.75) is 26.4 Å². The average molecular weight is 258 g/mol. The molecule has 2 heterocycles. The third-order valence-corrected chi connectivity index (χ3v) is 3.71. The fourth-order valence-electron chi connectivity index (χ4n) is 2.53. The van der Waals surface area contributed by atoms with E-state index in [4.69, 9.17) is 5.11 Å². The Labute approximate surface area is 112 Å². The molecular formula is C14H18N4O. The van der Waals surface area contributed by atoms with Gasteiger partial charge in [0.15, 0.2) is 0 Å². The van der Waals surface area contributed by atoms with Crippen molar-refractivity contribution in [1.29, 1.82) is 0 Å². The molecule has 19 heavy (non-hydrogen) atoms. The predicted molar refractivity (Wildman–Crippen MR) is 73.5 cm³/mol. The van der Waals surface area contributed by atoms with Crippen molar-refractivity contribution in [2.24, 2.45) is 0 Å². The van der Waals surface area contributed by atoms with E-state index in [1.54, 1.807) is 4.68 Å². The molecule has 0 unspecified atom stereocenters. The van der Waals surface area contributed by atoms with Gasteiger partial charge in [0.2, 0.25) is 0 Å². The van der Waals surface area contributed by atoms with Crippen LogP contribution in [0.15, 0.2) is 24.3 Å². The summed E-state index contributed by atoms with van der Waals surface area (Å²) < 4.78 is 1.76. The van der Waals surface area contributed by atoms with Gasteiger partial charge >= 0.3 is 0 Å². The minimum Gasteiger partial charge on any atom is -0.390 e. The molecule has 1 aliphatic rings. The fourth-order valence-corrected chi connectivity index (χ4v) is 2.53. The molecule has 0 radical (unpaired) electrons. The number of hydrogen-bond acceptors (Lipinski definition) is 4. The highest BCUT2D eigenvalue weighted by Gasteiger charge is 2.13. The molecule has 0 amide bonds. The van der Waals surface area contributed by atoms with E-state index < -0.39 is 0 Å². The number of hydrogen-bond donors (Lipinski definition) is 1. The molecule has 5 nitrogen and oxygen atoms in total. The quantitative estimate of drug-likeness (QED) is 0.910. The largest absolute Gasteiger partial charge is 0.390 e. The number of rotatable bonds is 3. The Hall–Kier alpha value is -1.88. The molecular weight excluding hydrogens is 240 g/mol. The Bertz CT molecular complexity index is 555. The lowest BCUT2D eigenvalue weighted by atomic mass is 10.2. The van der Waals surface area contributed by atoms with Crippen LogP contribution in [0.5, 0.6) is 0 Å². The Balaban J connectivity index is 1.87. The van der Waals surface area contributed by atoms with Crippen molar-refractivity contribution in [3.63, 3.8) is 0 Å². The molecule has 0 aliphatic carbocycles. The van der Waals surface area contributed by atoms with Gasteiger partial charge in [-0.1, -0.05) is 5.21 Å². The van der Waals surface area contributed by atoms with Gasteiger partial charge in [0.05, 0.1) is 18.0 Å². The summed E-state index contributed by atoms with van der Waals surface area (Å²) in [7, 11) is 0. The van der Waals surface area contributed by atoms with E-state index >= 15 is 0 Å². The highest BCUT2D eigenvalue weighted by molar-refractivity contribution is 5.51. The van der Waals surface area contributed by atoms with E-state index in [2.05, 4.69) is 39.5 Å². The summed E-state index contributed by atoms with van der Waals surface area (Å²) >= 11 is 0. The molecule has 2 aromatic rings. The van der Waals surface area contributed by atoms with Crippen molar-refractivity contribution in [2.75, 3.05) is 18.0 Å². The molecule has 5 heteroatoms. The van der Waals surface area contributed by atoms with Crippen LogP contribution in [-0.2, 0) is 6.61 Å². The lowest BCUT2D eigenvalue weighted by Gasteiger charge is -2.17. The maximum Gasteiger partial charge on any atom is 0.111 e. The number of aliphatic hydroxyl groups is 1. The van der Waals surface area contributed by atoms with Crippen LogP contribution in [0.3, 0.4) is 0 Å². The summed E-state index contributed by atoms with van der Waals surface area (Å²) in [5.41, 5.74) is 3.76. The maximum absolute atomic E-state index is 9.14. The summed E-state index contributed by atoms with van der Waals surface area (Å²) in [4.78, 5) is 2.40. The Morgan fingerprint density at radius 2 is 1.74 bits per heavy atom. The molecule has 1 N–H and O–H groups in total. The third kappa shape index (κ3) is 2.21. The Kier molecular flexibility index (Phi) is 3.21. The number of nitrogens with zero attached hydrogens (tertiary/aromatic N) is 4. The average Bonchev–Trinajstić information content (AvgIpc) is 3.08. The molecule has 0 bridgehead atoms. The van der Waals surface area contributed by atoms with Crippen molar-refractivity contribution in [1.82, 2.24) is 15.0 Å². The molecule has 1 aliphatic heterocycles. The zero-order valence-electron chi connectivity index (χ0n) is 11.1. The van der Waals surface area contributed by atoms with Crippen LogP contribution in [0.1, 0.15) is 24.2 Å². The van der Waals surface area contributed by atoms with Crippen LogP contribution < -0.4 is 4.90 Å². The second-order valence-electron chi connectivity index (χ2n) is 4.90. The number of benzene rings is 1. The highest BCUT2D eigenvalue weighted by Crippen LogP contribution is 2.22.